The zero-order valence-corrected chi connectivity index (χ0v) is 16.6. The topological polar surface area (TPSA) is 95.9 Å². The minimum atomic E-state index is -0.876. The van der Waals surface area contributed by atoms with Crippen molar-refractivity contribution in [3.8, 4) is 5.75 Å². The Hall–Kier alpha value is -2.57. The molecule has 1 heterocycles. The van der Waals surface area contributed by atoms with Gasteiger partial charge in [0.25, 0.3) is 0 Å². The number of methoxy groups -OCH3 is 1. The van der Waals surface area contributed by atoms with Crippen molar-refractivity contribution < 1.29 is 24.2 Å². The zero-order valence-electron chi connectivity index (χ0n) is 16.6. The van der Waals surface area contributed by atoms with E-state index in [1.807, 2.05) is 29.2 Å². The number of ether oxygens (including phenoxy) is 1. The highest BCUT2D eigenvalue weighted by molar-refractivity contribution is 5.85. The Labute approximate surface area is 166 Å². The number of hydrogen-bond donors (Lipinski definition) is 2. The summed E-state index contributed by atoms with van der Waals surface area (Å²) < 4.78 is 5.22. The second kappa shape index (κ2) is 10.7. The number of hydrogen-bond acceptors (Lipinski definition) is 4. The summed E-state index contributed by atoms with van der Waals surface area (Å²) in [5.74, 6) is -0.558. The van der Waals surface area contributed by atoms with Crippen molar-refractivity contribution in [2.75, 3.05) is 20.2 Å². The van der Waals surface area contributed by atoms with Gasteiger partial charge in [-0.15, -0.1) is 0 Å². The molecule has 0 spiro atoms. The summed E-state index contributed by atoms with van der Waals surface area (Å²) in [6, 6.07) is 7.18. The predicted molar refractivity (Wildman–Crippen MR) is 105 cm³/mol. The molecule has 1 aromatic carbocycles. The standard InChI is InChI=1S/C21H30N2O5/c1-3-4-14-23-18(24)12-11-17(21(27)22-13-5-6-19(25)26)20(23)15-7-9-16(28-2)10-8-15/h7-10,17,20H,3-6,11-14H2,1-2H3,(H,22,27)(H,25,26). The molecule has 7 nitrogen and oxygen atoms in total. The molecule has 7 heteroatoms. The van der Waals surface area contributed by atoms with Crippen LogP contribution < -0.4 is 10.1 Å². The van der Waals surface area contributed by atoms with Gasteiger partial charge in [-0.3, -0.25) is 14.4 Å². The van der Waals surface area contributed by atoms with Crippen LogP contribution in [0, 0.1) is 5.92 Å². The lowest BCUT2D eigenvalue weighted by molar-refractivity contribution is -0.144. The lowest BCUT2D eigenvalue weighted by Gasteiger charge is -2.41. The number of nitrogens with zero attached hydrogens (tertiary/aromatic N) is 1. The third-order valence-electron chi connectivity index (χ3n) is 5.12. The fraction of sp³-hybridized carbons (Fsp3) is 0.571. The summed E-state index contributed by atoms with van der Waals surface area (Å²) in [6.07, 6.45) is 3.09. The number of unbranched alkanes of at least 4 members (excludes halogenated alkanes) is 1. The summed E-state index contributed by atoms with van der Waals surface area (Å²) >= 11 is 0. The Morgan fingerprint density at radius 2 is 1.96 bits per heavy atom. The second-order valence-electron chi connectivity index (χ2n) is 7.09. The molecule has 28 heavy (non-hydrogen) atoms. The molecule has 0 aliphatic carbocycles. The van der Waals surface area contributed by atoms with Gasteiger partial charge < -0.3 is 20.1 Å². The van der Waals surface area contributed by atoms with E-state index in [9.17, 15) is 14.4 Å². The van der Waals surface area contributed by atoms with Gasteiger partial charge >= 0.3 is 5.97 Å². The van der Waals surface area contributed by atoms with Crippen molar-refractivity contribution >= 4 is 17.8 Å². The normalized spacial score (nSPS) is 19.4. The van der Waals surface area contributed by atoms with Crippen molar-refractivity contribution in [3.05, 3.63) is 29.8 Å². The molecule has 1 aromatic rings. The van der Waals surface area contributed by atoms with Gasteiger partial charge in [0.2, 0.25) is 11.8 Å². The Bertz CT molecular complexity index is 674. The fourth-order valence-corrected chi connectivity index (χ4v) is 3.62. The monoisotopic (exact) mass is 390 g/mol. The minimum Gasteiger partial charge on any atom is -0.497 e. The van der Waals surface area contributed by atoms with Crippen LogP contribution in [-0.4, -0.2) is 48.0 Å². The first-order valence-electron chi connectivity index (χ1n) is 9.90. The summed E-state index contributed by atoms with van der Waals surface area (Å²) in [4.78, 5) is 37.9. The number of aliphatic carboxylic acids is 1. The molecule has 1 aliphatic heterocycles. The summed E-state index contributed by atoms with van der Waals surface area (Å²) in [5, 5.41) is 11.6. The summed E-state index contributed by atoms with van der Waals surface area (Å²) in [7, 11) is 1.60. The molecule has 2 unspecified atom stereocenters. The van der Waals surface area contributed by atoms with Gasteiger partial charge in [-0.2, -0.15) is 0 Å². The molecule has 2 rings (SSSR count). The van der Waals surface area contributed by atoms with Crippen LogP contribution in [0.4, 0.5) is 0 Å². The Morgan fingerprint density at radius 3 is 2.57 bits per heavy atom. The van der Waals surface area contributed by atoms with Crippen LogP contribution in [0.2, 0.25) is 0 Å². The van der Waals surface area contributed by atoms with E-state index in [4.69, 9.17) is 9.84 Å². The molecular formula is C21H30N2O5. The van der Waals surface area contributed by atoms with Gasteiger partial charge in [0.1, 0.15) is 5.75 Å². The third-order valence-corrected chi connectivity index (χ3v) is 5.12. The second-order valence-corrected chi connectivity index (χ2v) is 7.09. The maximum absolute atomic E-state index is 12.9. The lowest BCUT2D eigenvalue weighted by Crippen LogP contribution is -2.48. The smallest absolute Gasteiger partial charge is 0.303 e. The molecule has 154 valence electrons. The number of carbonyl (C=O) groups is 3. The maximum atomic E-state index is 12.9. The number of likely N-dealkylation sites (tertiary alicyclic amines) is 1. The van der Waals surface area contributed by atoms with Gasteiger partial charge in [-0.1, -0.05) is 25.5 Å². The average molecular weight is 390 g/mol. The van der Waals surface area contributed by atoms with E-state index < -0.39 is 5.97 Å². The molecule has 2 atom stereocenters. The molecule has 1 saturated heterocycles. The first-order valence-corrected chi connectivity index (χ1v) is 9.90. The Balaban J connectivity index is 2.20. The highest BCUT2D eigenvalue weighted by Gasteiger charge is 2.40. The number of amides is 2. The maximum Gasteiger partial charge on any atom is 0.303 e. The van der Waals surface area contributed by atoms with Crippen LogP contribution in [0.15, 0.2) is 24.3 Å². The van der Waals surface area contributed by atoms with E-state index in [1.54, 1.807) is 7.11 Å². The Morgan fingerprint density at radius 1 is 1.25 bits per heavy atom. The van der Waals surface area contributed by atoms with Crippen LogP contribution in [-0.2, 0) is 14.4 Å². The largest absolute Gasteiger partial charge is 0.497 e. The molecular weight excluding hydrogens is 360 g/mol. The summed E-state index contributed by atoms with van der Waals surface area (Å²) in [6.45, 7) is 3.01. The van der Waals surface area contributed by atoms with Gasteiger partial charge in [0.05, 0.1) is 19.1 Å². The number of carboxylic acids is 1. The third kappa shape index (κ3) is 5.71. The van der Waals surface area contributed by atoms with Crippen molar-refractivity contribution in [1.29, 1.82) is 0 Å². The molecule has 2 N–H and O–H groups in total. The number of nitrogens with one attached hydrogen (secondary N) is 1. The molecule has 2 amide bonds. The minimum absolute atomic E-state index is 0.0218. The first kappa shape index (κ1) is 21.7. The highest BCUT2D eigenvalue weighted by Crippen LogP contribution is 2.37. The number of piperidine rings is 1. The van der Waals surface area contributed by atoms with Gasteiger partial charge in [-0.05, 0) is 37.0 Å². The van der Waals surface area contributed by atoms with Crippen LogP contribution >= 0.6 is 0 Å². The molecule has 1 aliphatic rings. The van der Waals surface area contributed by atoms with Crippen LogP contribution in [0.1, 0.15) is 57.1 Å². The number of benzene rings is 1. The van der Waals surface area contributed by atoms with Crippen molar-refractivity contribution in [2.45, 2.75) is 51.5 Å². The van der Waals surface area contributed by atoms with Crippen LogP contribution in [0.25, 0.3) is 0 Å². The molecule has 0 saturated carbocycles. The number of carbonyl (C=O) groups excluding carboxylic acids is 2. The van der Waals surface area contributed by atoms with E-state index in [2.05, 4.69) is 12.2 Å². The number of carboxylic acid groups (broad SMARTS) is 1. The van der Waals surface area contributed by atoms with Gasteiger partial charge in [0, 0.05) is 25.9 Å². The van der Waals surface area contributed by atoms with Crippen LogP contribution in [0.5, 0.6) is 5.75 Å². The Kier molecular flexibility index (Phi) is 8.29. The number of rotatable bonds is 10. The zero-order chi connectivity index (χ0) is 20.5. The van der Waals surface area contributed by atoms with E-state index in [1.165, 1.54) is 0 Å². The van der Waals surface area contributed by atoms with Crippen molar-refractivity contribution in [2.24, 2.45) is 5.92 Å². The average Bonchev–Trinajstić information content (AvgIpc) is 2.69. The van der Waals surface area contributed by atoms with Crippen molar-refractivity contribution in [1.82, 2.24) is 10.2 Å². The fourth-order valence-electron chi connectivity index (χ4n) is 3.62. The van der Waals surface area contributed by atoms with Gasteiger partial charge in [0.15, 0.2) is 0 Å². The molecule has 0 radical (unpaired) electrons. The van der Waals surface area contributed by atoms with Gasteiger partial charge in [-0.25, -0.2) is 0 Å². The summed E-state index contributed by atoms with van der Waals surface area (Å²) in [5.41, 5.74) is 0.913. The molecule has 1 fully saturated rings. The SMILES string of the molecule is CCCCN1C(=O)CCC(C(=O)NCCCC(=O)O)C1c1ccc(OC)cc1. The predicted octanol–water partition coefficient (Wildman–Crippen LogP) is 2.76. The first-order chi connectivity index (χ1) is 13.5. The lowest BCUT2D eigenvalue weighted by atomic mass is 9.83. The van der Waals surface area contributed by atoms with E-state index in [0.29, 0.717) is 32.4 Å². The van der Waals surface area contributed by atoms with E-state index in [0.717, 1.165) is 24.2 Å². The van der Waals surface area contributed by atoms with Crippen molar-refractivity contribution in [3.63, 3.8) is 0 Å². The quantitative estimate of drug-likeness (QED) is 0.599. The molecule has 0 aromatic heterocycles. The van der Waals surface area contributed by atoms with Crippen LogP contribution in [0.3, 0.4) is 0 Å². The highest BCUT2D eigenvalue weighted by atomic mass is 16.5. The van der Waals surface area contributed by atoms with E-state index >= 15 is 0 Å². The van der Waals surface area contributed by atoms with E-state index in [-0.39, 0.29) is 30.2 Å². The molecule has 0 bridgehead atoms.